The first-order valence-electron chi connectivity index (χ1n) is 3.17. The van der Waals surface area contributed by atoms with Gasteiger partial charge in [0.15, 0.2) is 6.23 Å². The molecule has 4 heteroatoms. The summed E-state index contributed by atoms with van der Waals surface area (Å²) in [5.41, 5.74) is 0. The molecule has 0 aromatic rings. The van der Waals surface area contributed by atoms with Gasteiger partial charge in [0, 0.05) is 13.1 Å². The molecule has 0 aromatic carbocycles. The molecular weight excluding hydrogens is 130 g/mol. The highest BCUT2D eigenvalue weighted by Crippen LogP contribution is 1.95. The Morgan fingerprint density at radius 2 is 2.70 bits per heavy atom. The van der Waals surface area contributed by atoms with Crippen LogP contribution in [0.3, 0.4) is 0 Å². The second-order valence-corrected chi connectivity index (χ2v) is 1.94. The van der Waals surface area contributed by atoms with E-state index in [4.69, 9.17) is 10.00 Å². The Morgan fingerprint density at radius 1 is 1.80 bits per heavy atom. The number of nitrogens with zero attached hydrogens (tertiary/aromatic N) is 2. The second-order valence-electron chi connectivity index (χ2n) is 1.94. The smallest absolute Gasteiger partial charge is 0.161 e. The Labute approximate surface area is 59.5 Å². The van der Waals surface area contributed by atoms with E-state index >= 15 is 0 Å². The van der Waals surface area contributed by atoms with Crippen LogP contribution in [0.5, 0.6) is 0 Å². The monoisotopic (exact) mass is 139 g/mol. The zero-order valence-corrected chi connectivity index (χ0v) is 5.58. The molecule has 0 saturated carbocycles. The quantitative estimate of drug-likeness (QED) is 0.499. The zero-order chi connectivity index (χ0) is 7.23. The summed E-state index contributed by atoms with van der Waals surface area (Å²) < 4.78 is 5.17. The molecule has 0 spiro atoms. The van der Waals surface area contributed by atoms with E-state index in [1.54, 1.807) is 0 Å². The minimum Gasteiger partial charge on any atom is -0.354 e. The van der Waals surface area contributed by atoms with Crippen molar-refractivity contribution in [2.75, 3.05) is 19.7 Å². The topological polar surface area (TPSA) is 57.4 Å². The Hall–Kier alpha value is -0.920. The average Bonchev–Trinajstić information content (AvgIpc) is 2.03. The van der Waals surface area contributed by atoms with Gasteiger partial charge in [-0.15, -0.1) is 0 Å². The van der Waals surface area contributed by atoms with Gasteiger partial charge in [0.1, 0.15) is 12.3 Å². The highest BCUT2D eigenvalue weighted by atomic mass is 16.5. The molecular formula is C6H9N3O. The predicted octanol–water partition coefficient (Wildman–Crippen LogP) is -0.473. The van der Waals surface area contributed by atoms with Crippen molar-refractivity contribution < 1.29 is 4.74 Å². The standard InChI is InChI=1S/C6H9N3O/c7-1-2-9-6-5-8-3-4-10-6/h2,6,8H,3-5H2. The number of morpholine rings is 1. The first-order valence-corrected chi connectivity index (χ1v) is 3.17. The lowest BCUT2D eigenvalue weighted by molar-refractivity contribution is 0.0352. The van der Waals surface area contributed by atoms with E-state index < -0.39 is 0 Å². The van der Waals surface area contributed by atoms with Crippen LogP contribution in [0.1, 0.15) is 0 Å². The summed E-state index contributed by atoms with van der Waals surface area (Å²) in [6.45, 7) is 2.25. The first kappa shape index (κ1) is 7.19. The van der Waals surface area contributed by atoms with Gasteiger partial charge in [-0.25, -0.2) is 4.99 Å². The summed E-state index contributed by atoms with van der Waals surface area (Å²) in [7, 11) is 0. The van der Waals surface area contributed by atoms with Crippen LogP contribution in [0.4, 0.5) is 0 Å². The third-order valence-corrected chi connectivity index (χ3v) is 1.21. The number of ether oxygens (including phenoxy) is 1. The van der Waals surface area contributed by atoms with Crippen LogP contribution in [0.25, 0.3) is 0 Å². The number of aliphatic imine (C=N–C) groups is 1. The van der Waals surface area contributed by atoms with Crippen LogP contribution in [0.15, 0.2) is 4.99 Å². The van der Waals surface area contributed by atoms with Crippen molar-refractivity contribution in [1.29, 1.82) is 5.26 Å². The molecule has 1 aliphatic rings. The second kappa shape index (κ2) is 3.99. The lowest BCUT2D eigenvalue weighted by Crippen LogP contribution is -2.37. The molecule has 1 rings (SSSR count). The summed E-state index contributed by atoms with van der Waals surface area (Å²) in [5.74, 6) is 0. The third kappa shape index (κ3) is 2.13. The molecule has 1 aliphatic heterocycles. The molecule has 1 saturated heterocycles. The first-order chi connectivity index (χ1) is 4.93. The van der Waals surface area contributed by atoms with E-state index in [1.165, 1.54) is 6.21 Å². The summed E-state index contributed by atoms with van der Waals surface area (Å²) in [6.07, 6.45) is 1.05. The van der Waals surface area contributed by atoms with E-state index in [9.17, 15) is 0 Å². The van der Waals surface area contributed by atoms with E-state index in [0.29, 0.717) is 13.2 Å². The molecule has 54 valence electrons. The van der Waals surface area contributed by atoms with Crippen molar-refractivity contribution in [2.24, 2.45) is 4.99 Å². The molecule has 1 N–H and O–H groups in total. The summed E-state index contributed by atoms with van der Waals surface area (Å²) >= 11 is 0. The maximum Gasteiger partial charge on any atom is 0.161 e. The minimum atomic E-state index is -0.159. The molecule has 0 aliphatic carbocycles. The molecule has 4 nitrogen and oxygen atoms in total. The van der Waals surface area contributed by atoms with Gasteiger partial charge in [0.05, 0.1) is 6.61 Å². The van der Waals surface area contributed by atoms with Crippen LogP contribution in [0, 0.1) is 11.3 Å². The highest BCUT2D eigenvalue weighted by molar-refractivity contribution is 5.74. The van der Waals surface area contributed by atoms with E-state index in [-0.39, 0.29) is 6.23 Å². The van der Waals surface area contributed by atoms with Crippen molar-refractivity contribution >= 4 is 6.21 Å². The fourth-order valence-electron chi connectivity index (χ4n) is 0.764. The zero-order valence-electron chi connectivity index (χ0n) is 5.58. The molecule has 0 amide bonds. The SMILES string of the molecule is N#CC=NC1CNCCO1. The fraction of sp³-hybridized carbons (Fsp3) is 0.667. The number of nitrogens with one attached hydrogen (secondary N) is 1. The largest absolute Gasteiger partial charge is 0.354 e. The van der Waals surface area contributed by atoms with Crippen LogP contribution in [-0.2, 0) is 4.74 Å². The van der Waals surface area contributed by atoms with Gasteiger partial charge in [-0.1, -0.05) is 0 Å². The summed E-state index contributed by atoms with van der Waals surface area (Å²) in [6, 6.07) is 1.82. The lowest BCUT2D eigenvalue weighted by Gasteiger charge is -2.19. The Balaban J connectivity index is 2.27. The molecule has 0 aromatic heterocycles. The van der Waals surface area contributed by atoms with Crippen molar-refractivity contribution in [3.8, 4) is 6.07 Å². The molecule has 10 heavy (non-hydrogen) atoms. The van der Waals surface area contributed by atoms with Gasteiger partial charge in [-0.3, -0.25) is 0 Å². The number of hydrogen-bond acceptors (Lipinski definition) is 4. The molecule has 1 heterocycles. The van der Waals surface area contributed by atoms with E-state index in [0.717, 1.165) is 6.54 Å². The van der Waals surface area contributed by atoms with E-state index in [2.05, 4.69) is 10.3 Å². The fourth-order valence-corrected chi connectivity index (χ4v) is 0.764. The molecule has 0 radical (unpaired) electrons. The number of hydrogen-bond donors (Lipinski definition) is 1. The predicted molar refractivity (Wildman–Crippen MR) is 36.7 cm³/mol. The van der Waals surface area contributed by atoms with Crippen LogP contribution < -0.4 is 5.32 Å². The van der Waals surface area contributed by atoms with Gasteiger partial charge < -0.3 is 10.1 Å². The van der Waals surface area contributed by atoms with Crippen molar-refractivity contribution in [2.45, 2.75) is 6.23 Å². The normalized spacial score (nSPS) is 26.5. The van der Waals surface area contributed by atoms with Gasteiger partial charge in [-0.2, -0.15) is 5.26 Å². The van der Waals surface area contributed by atoms with Crippen LogP contribution in [0.2, 0.25) is 0 Å². The Kier molecular flexibility index (Phi) is 2.87. The molecule has 1 atom stereocenters. The third-order valence-electron chi connectivity index (χ3n) is 1.21. The number of rotatable bonds is 1. The van der Waals surface area contributed by atoms with Crippen LogP contribution >= 0.6 is 0 Å². The van der Waals surface area contributed by atoms with Crippen molar-refractivity contribution in [3.05, 3.63) is 0 Å². The highest BCUT2D eigenvalue weighted by Gasteiger charge is 2.09. The maximum atomic E-state index is 8.12. The molecule has 1 fully saturated rings. The van der Waals surface area contributed by atoms with Crippen molar-refractivity contribution in [1.82, 2.24) is 5.32 Å². The average molecular weight is 139 g/mol. The van der Waals surface area contributed by atoms with Gasteiger partial charge >= 0.3 is 0 Å². The number of nitriles is 1. The minimum absolute atomic E-state index is 0.159. The van der Waals surface area contributed by atoms with Gasteiger partial charge in [0.2, 0.25) is 0 Å². The summed E-state index contributed by atoms with van der Waals surface area (Å²) in [4.78, 5) is 3.83. The lowest BCUT2D eigenvalue weighted by atomic mass is 10.4. The summed E-state index contributed by atoms with van der Waals surface area (Å²) in [5, 5.41) is 11.2. The van der Waals surface area contributed by atoms with Gasteiger partial charge in [0.25, 0.3) is 0 Å². The maximum absolute atomic E-state index is 8.12. The molecule has 0 bridgehead atoms. The Morgan fingerprint density at radius 3 is 3.30 bits per heavy atom. The Bertz CT molecular complexity index is 155. The van der Waals surface area contributed by atoms with Crippen LogP contribution in [-0.4, -0.2) is 32.1 Å². The molecule has 1 unspecified atom stereocenters. The van der Waals surface area contributed by atoms with E-state index in [1.807, 2.05) is 6.07 Å². The van der Waals surface area contributed by atoms with Crippen molar-refractivity contribution in [3.63, 3.8) is 0 Å². The van der Waals surface area contributed by atoms with Gasteiger partial charge in [-0.05, 0) is 0 Å².